The predicted octanol–water partition coefficient (Wildman–Crippen LogP) is 4.84. The van der Waals surface area contributed by atoms with E-state index < -0.39 is 0 Å². The van der Waals surface area contributed by atoms with E-state index in [1.165, 1.54) is 5.56 Å². The van der Waals surface area contributed by atoms with E-state index >= 15 is 0 Å². The molecule has 1 heterocycles. The summed E-state index contributed by atoms with van der Waals surface area (Å²) in [6.45, 7) is 4.42. The largest absolute Gasteiger partial charge is 0.350 e. The first-order chi connectivity index (χ1) is 12.9. The Bertz CT molecular complexity index is 994. The summed E-state index contributed by atoms with van der Waals surface area (Å²) in [6, 6.07) is 15.4. The van der Waals surface area contributed by atoms with Crippen LogP contribution in [0, 0.1) is 11.7 Å². The van der Waals surface area contributed by atoms with E-state index in [0.29, 0.717) is 22.8 Å². The van der Waals surface area contributed by atoms with Crippen LogP contribution in [0.15, 0.2) is 48.5 Å². The van der Waals surface area contributed by atoms with Gasteiger partial charge in [-0.25, -0.2) is 0 Å². The third-order valence-electron chi connectivity index (χ3n) is 4.36. The molecule has 140 valence electrons. The monoisotopic (exact) mass is 400 g/mol. The second-order valence-corrected chi connectivity index (χ2v) is 7.29. The topological polar surface area (TPSA) is 62.7 Å². The molecular weight excluding hydrogens is 380 g/mol. The van der Waals surface area contributed by atoms with E-state index in [1.807, 2.05) is 66.9 Å². The van der Waals surface area contributed by atoms with Gasteiger partial charge in [-0.1, -0.05) is 53.6 Å². The van der Waals surface area contributed by atoms with Gasteiger partial charge in [0, 0.05) is 23.6 Å². The van der Waals surface area contributed by atoms with Gasteiger partial charge in [-0.2, -0.15) is 5.10 Å². The highest BCUT2D eigenvalue weighted by Crippen LogP contribution is 2.19. The van der Waals surface area contributed by atoms with Gasteiger partial charge in [0.15, 0.2) is 10.6 Å². The maximum absolute atomic E-state index is 12.4. The Morgan fingerprint density at radius 3 is 2.74 bits per heavy atom. The SMILES string of the molecule is Cc1ccc(-c2n[nH]c(=S)n2CCC(=O)NC(C)c2cccc(Cl)c2)cc1. The second-order valence-electron chi connectivity index (χ2n) is 6.46. The molecule has 0 aliphatic rings. The number of carbonyl (C=O) groups excluding carboxylic acids is 1. The molecule has 1 unspecified atom stereocenters. The van der Waals surface area contributed by atoms with E-state index in [4.69, 9.17) is 23.8 Å². The number of rotatable bonds is 6. The maximum Gasteiger partial charge on any atom is 0.222 e. The Morgan fingerprint density at radius 2 is 2.04 bits per heavy atom. The molecule has 0 bridgehead atoms. The highest BCUT2D eigenvalue weighted by molar-refractivity contribution is 7.71. The number of H-pyrrole nitrogens is 1. The summed E-state index contributed by atoms with van der Waals surface area (Å²) in [4.78, 5) is 12.4. The van der Waals surface area contributed by atoms with Gasteiger partial charge < -0.3 is 5.32 Å². The molecule has 2 N–H and O–H groups in total. The van der Waals surface area contributed by atoms with Crippen molar-refractivity contribution in [1.82, 2.24) is 20.1 Å². The Kier molecular flexibility index (Phi) is 6.08. The summed E-state index contributed by atoms with van der Waals surface area (Å²) in [5.74, 6) is 0.677. The Morgan fingerprint density at radius 1 is 1.30 bits per heavy atom. The molecule has 1 amide bonds. The van der Waals surface area contributed by atoms with Crippen molar-refractivity contribution in [1.29, 1.82) is 0 Å². The standard InChI is InChI=1S/C20H21ClN4OS/c1-13-6-8-15(9-7-13)19-23-24-20(27)25(19)11-10-18(26)22-14(2)16-4-3-5-17(21)12-16/h3-9,12,14H,10-11H2,1-2H3,(H,22,26)(H,24,27). The van der Waals surface area contributed by atoms with Gasteiger partial charge in [0.25, 0.3) is 0 Å². The molecule has 0 saturated heterocycles. The fraction of sp³-hybridized carbons (Fsp3) is 0.250. The number of nitrogens with one attached hydrogen (secondary N) is 2. The lowest BCUT2D eigenvalue weighted by molar-refractivity contribution is -0.121. The average molecular weight is 401 g/mol. The number of benzene rings is 2. The van der Waals surface area contributed by atoms with Crippen molar-refractivity contribution in [2.45, 2.75) is 32.9 Å². The quantitative estimate of drug-likeness (QED) is 0.582. The van der Waals surface area contributed by atoms with Gasteiger partial charge in [-0.05, 0) is 43.8 Å². The van der Waals surface area contributed by atoms with Crippen LogP contribution in [-0.2, 0) is 11.3 Å². The number of aromatic nitrogens is 3. The van der Waals surface area contributed by atoms with Crippen LogP contribution in [0.25, 0.3) is 11.4 Å². The van der Waals surface area contributed by atoms with Gasteiger partial charge >= 0.3 is 0 Å². The molecule has 7 heteroatoms. The highest BCUT2D eigenvalue weighted by atomic mass is 35.5. The summed E-state index contributed by atoms with van der Waals surface area (Å²) in [6.07, 6.45) is 0.303. The molecule has 0 spiro atoms. The first-order valence-corrected chi connectivity index (χ1v) is 9.50. The van der Waals surface area contributed by atoms with E-state index in [2.05, 4.69) is 15.5 Å². The fourth-order valence-electron chi connectivity index (χ4n) is 2.83. The lowest BCUT2D eigenvalue weighted by Gasteiger charge is -2.15. The van der Waals surface area contributed by atoms with Gasteiger partial charge in [-0.15, -0.1) is 0 Å². The molecule has 2 aromatic carbocycles. The number of aromatic amines is 1. The zero-order valence-corrected chi connectivity index (χ0v) is 16.8. The Hall–Kier alpha value is -2.44. The zero-order valence-electron chi connectivity index (χ0n) is 15.2. The Labute approximate surface area is 168 Å². The third kappa shape index (κ3) is 4.84. The minimum atomic E-state index is -0.120. The molecule has 0 fully saturated rings. The van der Waals surface area contributed by atoms with Crippen LogP contribution in [0.5, 0.6) is 0 Å². The minimum Gasteiger partial charge on any atom is -0.350 e. The van der Waals surface area contributed by atoms with Crippen molar-refractivity contribution >= 4 is 29.7 Å². The van der Waals surface area contributed by atoms with Crippen molar-refractivity contribution < 1.29 is 4.79 Å². The van der Waals surface area contributed by atoms with E-state index in [1.54, 1.807) is 0 Å². The van der Waals surface area contributed by atoms with Crippen LogP contribution >= 0.6 is 23.8 Å². The first kappa shape index (κ1) is 19.3. The molecule has 0 aliphatic heterocycles. The Balaban J connectivity index is 1.66. The van der Waals surface area contributed by atoms with Crippen molar-refractivity contribution in [2.75, 3.05) is 0 Å². The minimum absolute atomic E-state index is 0.0552. The van der Waals surface area contributed by atoms with Crippen LogP contribution < -0.4 is 5.32 Å². The molecule has 0 aliphatic carbocycles. The molecule has 3 rings (SSSR count). The number of hydrogen-bond acceptors (Lipinski definition) is 3. The second kappa shape index (κ2) is 8.50. The van der Waals surface area contributed by atoms with Crippen LogP contribution in [0.4, 0.5) is 0 Å². The average Bonchev–Trinajstić information content (AvgIpc) is 3.01. The van der Waals surface area contributed by atoms with Gasteiger partial charge in [0.05, 0.1) is 6.04 Å². The van der Waals surface area contributed by atoms with Crippen molar-refractivity contribution in [2.24, 2.45) is 0 Å². The molecule has 3 aromatic rings. The number of nitrogens with zero attached hydrogens (tertiary/aromatic N) is 2. The summed E-state index contributed by atoms with van der Waals surface area (Å²) in [7, 11) is 0. The zero-order chi connectivity index (χ0) is 19.4. The van der Waals surface area contributed by atoms with Crippen LogP contribution in [0.3, 0.4) is 0 Å². The summed E-state index contributed by atoms with van der Waals surface area (Å²) < 4.78 is 2.35. The van der Waals surface area contributed by atoms with Gasteiger partial charge in [0.2, 0.25) is 5.91 Å². The number of carbonyl (C=O) groups is 1. The summed E-state index contributed by atoms with van der Waals surface area (Å²) in [5, 5.41) is 10.8. The summed E-state index contributed by atoms with van der Waals surface area (Å²) in [5.41, 5.74) is 3.10. The molecule has 27 heavy (non-hydrogen) atoms. The molecule has 1 atom stereocenters. The maximum atomic E-state index is 12.4. The van der Waals surface area contributed by atoms with E-state index in [-0.39, 0.29) is 11.9 Å². The number of aryl methyl sites for hydroxylation is 1. The van der Waals surface area contributed by atoms with Crippen LogP contribution in [0.2, 0.25) is 5.02 Å². The van der Waals surface area contributed by atoms with E-state index in [9.17, 15) is 4.79 Å². The predicted molar refractivity (Wildman–Crippen MR) is 110 cm³/mol. The molecule has 0 radical (unpaired) electrons. The lowest BCUT2D eigenvalue weighted by atomic mass is 10.1. The van der Waals surface area contributed by atoms with Gasteiger partial charge in [0.1, 0.15) is 0 Å². The van der Waals surface area contributed by atoms with Gasteiger partial charge in [-0.3, -0.25) is 14.5 Å². The fourth-order valence-corrected chi connectivity index (χ4v) is 3.26. The van der Waals surface area contributed by atoms with E-state index in [0.717, 1.165) is 17.0 Å². The summed E-state index contributed by atoms with van der Waals surface area (Å²) >= 11 is 11.3. The number of halogens is 1. The molecule has 0 saturated carbocycles. The molecule has 1 aromatic heterocycles. The molecule has 5 nitrogen and oxygen atoms in total. The van der Waals surface area contributed by atoms with Crippen LogP contribution in [0.1, 0.15) is 30.5 Å². The molecular formula is C20H21ClN4OS. The number of amides is 1. The third-order valence-corrected chi connectivity index (χ3v) is 4.90. The first-order valence-electron chi connectivity index (χ1n) is 8.71. The normalized spacial score (nSPS) is 12.0. The van der Waals surface area contributed by atoms with Crippen molar-refractivity contribution in [3.63, 3.8) is 0 Å². The lowest BCUT2D eigenvalue weighted by Crippen LogP contribution is -2.27. The van der Waals surface area contributed by atoms with Crippen LogP contribution in [-0.4, -0.2) is 20.7 Å². The number of hydrogen-bond donors (Lipinski definition) is 2. The van der Waals surface area contributed by atoms with Crippen molar-refractivity contribution in [3.8, 4) is 11.4 Å². The highest BCUT2D eigenvalue weighted by Gasteiger charge is 2.13. The smallest absolute Gasteiger partial charge is 0.222 e. The van der Waals surface area contributed by atoms with Crippen molar-refractivity contribution in [3.05, 3.63) is 69.5 Å².